The minimum Gasteiger partial charge on any atom is -0.510 e. The van der Waals surface area contributed by atoms with Crippen LogP contribution in [0.25, 0.3) is 5.76 Å². The van der Waals surface area contributed by atoms with E-state index in [9.17, 15) is 30.0 Å². The van der Waals surface area contributed by atoms with Crippen molar-refractivity contribution in [2.75, 3.05) is 34.3 Å². The number of rotatable bonds is 6. The molecule has 6 N–H and O–H groups in total. The van der Waals surface area contributed by atoms with Crippen LogP contribution >= 0.6 is 0 Å². The first-order valence-electron chi connectivity index (χ1n) is 14.4. The zero-order valence-electron chi connectivity index (χ0n) is 23.5. The first-order chi connectivity index (χ1) is 19.5. The van der Waals surface area contributed by atoms with Crippen molar-refractivity contribution >= 4 is 17.4 Å². The van der Waals surface area contributed by atoms with Crippen molar-refractivity contribution in [1.82, 2.24) is 9.80 Å². The van der Waals surface area contributed by atoms with Gasteiger partial charge in [-0.3, -0.25) is 19.4 Å². The third-order valence-electron chi connectivity index (χ3n) is 10.3. The summed E-state index contributed by atoms with van der Waals surface area (Å²) in [6.45, 7) is 2.00. The van der Waals surface area contributed by atoms with Gasteiger partial charge in [-0.2, -0.15) is 0 Å². The van der Waals surface area contributed by atoms with Crippen molar-refractivity contribution in [3.8, 4) is 11.5 Å². The van der Waals surface area contributed by atoms with Crippen LogP contribution in [0.5, 0.6) is 11.5 Å². The van der Waals surface area contributed by atoms with Gasteiger partial charge in [-0.15, -0.1) is 0 Å². The molecule has 11 heteroatoms. The van der Waals surface area contributed by atoms with Gasteiger partial charge in [0, 0.05) is 35.2 Å². The number of ketones is 1. The summed E-state index contributed by atoms with van der Waals surface area (Å²) in [5.74, 6) is -5.00. The van der Waals surface area contributed by atoms with E-state index in [1.165, 1.54) is 12.8 Å². The number of epoxide rings is 1. The molecule has 1 aromatic rings. The molecule has 4 fully saturated rings. The summed E-state index contributed by atoms with van der Waals surface area (Å²) in [6, 6.07) is 0.911. The van der Waals surface area contributed by atoms with E-state index in [1.54, 1.807) is 32.2 Å². The number of likely N-dealkylation sites (tertiary alicyclic amines) is 1. The number of nitrogens with two attached hydrogens (primary N) is 1. The normalized spacial score (nSPS) is 36.2. The molecule has 4 aliphatic carbocycles. The summed E-state index contributed by atoms with van der Waals surface area (Å²) in [5.41, 5.74) is 4.79. The third kappa shape index (κ3) is 3.40. The summed E-state index contributed by atoms with van der Waals surface area (Å²) in [7, 11) is 4.99. The first kappa shape index (κ1) is 26.8. The minimum atomic E-state index is -2.40. The van der Waals surface area contributed by atoms with Gasteiger partial charge in [0.25, 0.3) is 5.91 Å². The lowest BCUT2D eigenvalue weighted by molar-refractivity contribution is -0.127. The maximum absolute atomic E-state index is 14.2. The van der Waals surface area contributed by atoms with Gasteiger partial charge in [0.15, 0.2) is 5.60 Å². The van der Waals surface area contributed by atoms with Crippen molar-refractivity contribution in [1.29, 1.82) is 0 Å². The van der Waals surface area contributed by atoms with Gasteiger partial charge < -0.3 is 35.6 Å². The Balaban J connectivity index is 1.35. The lowest BCUT2D eigenvalue weighted by Crippen LogP contribution is -2.60. The second kappa shape index (κ2) is 8.70. The molecular formula is C30H37N3O8. The molecule has 2 saturated heterocycles. The maximum Gasteiger partial charge on any atom is 0.253 e. The van der Waals surface area contributed by atoms with Gasteiger partial charge >= 0.3 is 0 Å². The Morgan fingerprint density at radius 2 is 1.98 bits per heavy atom. The molecule has 6 atom stereocenters. The number of benzene rings is 1. The Kier molecular flexibility index (Phi) is 5.68. The summed E-state index contributed by atoms with van der Waals surface area (Å²) in [5, 5.41) is 45.4. The fourth-order valence-electron chi connectivity index (χ4n) is 8.45. The Bertz CT molecular complexity index is 1450. The Morgan fingerprint density at radius 3 is 2.61 bits per heavy atom. The second-order valence-electron chi connectivity index (χ2n) is 12.8. The van der Waals surface area contributed by atoms with Gasteiger partial charge in [-0.1, -0.05) is 0 Å². The van der Waals surface area contributed by atoms with E-state index in [1.807, 2.05) is 0 Å². The zero-order valence-corrected chi connectivity index (χ0v) is 23.5. The smallest absolute Gasteiger partial charge is 0.253 e. The molecule has 7 rings (SSSR count). The molecule has 0 aromatic heterocycles. The van der Waals surface area contributed by atoms with Gasteiger partial charge in [-0.25, -0.2) is 0 Å². The number of ether oxygens (including phenoxy) is 2. The highest BCUT2D eigenvalue weighted by atomic mass is 16.8. The number of carbonyl (C=O) groups excluding carboxylic acids is 2. The van der Waals surface area contributed by atoms with Crippen LogP contribution in [0.1, 0.15) is 54.8 Å². The molecule has 1 aromatic carbocycles. The monoisotopic (exact) mass is 567 g/mol. The molecule has 2 saturated carbocycles. The molecule has 41 heavy (non-hydrogen) atoms. The van der Waals surface area contributed by atoms with E-state index in [0.29, 0.717) is 23.7 Å². The van der Waals surface area contributed by atoms with Crippen LogP contribution in [0.2, 0.25) is 0 Å². The molecule has 2 heterocycles. The fourth-order valence-corrected chi connectivity index (χ4v) is 8.45. The Hall–Kier alpha value is -3.12. The standard InChI is InChI=1S/C30H37N3O8/c1-32(2)23-17-10-14-9-16-21(19(34)11-15(26(16)40-3)18-5-4-8-33(18)12-13-6-7-13)24(35)20(14)27(37)29(17)30(39,41-29)22(25(23)36)28(31)38/h11,13-14,17-18,23,34-36,39H,4-10,12H2,1-3H3,(H2,31,38)/t14-,17-,18?,23-,29-,30?/m0/s1. The quantitative estimate of drug-likeness (QED) is 0.319. The number of Topliss-reactive ketones (excluding diaryl/α,β-unsaturated/α-hetero) is 1. The van der Waals surface area contributed by atoms with Crippen molar-refractivity contribution in [3.63, 3.8) is 0 Å². The van der Waals surface area contributed by atoms with Crippen molar-refractivity contribution in [2.24, 2.45) is 23.5 Å². The van der Waals surface area contributed by atoms with Crippen LogP contribution in [0.4, 0.5) is 0 Å². The van der Waals surface area contributed by atoms with Crippen LogP contribution in [-0.2, 0) is 20.7 Å². The number of amides is 1. The predicted molar refractivity (Wildman–Crippen MR) is 146 cm³/mol. The van der Waals surface area contributed by atoms with Crippen molar-refractivity contribution in [3.05, 3.63) is 39.7 Å². The number of hydrogen-bond acceptors (Lipinski definition) is 10. The Labute approximate surface area is 237 Å². The SMILES string of the molecule is COc1c(C2CCCN2CC2CC2)cc(O)c2c1C[C@H]1C[C@H]3[C@H](N(C)C)C(O)=C(C(N)=O)C4(O)O[C@]34C(=O)C1=C2O. The number of phenolic OH excluding ortho intramolecular Hbond substituents is 1. The topological polar surface area (TPSA) is 169 Å². The average Bonchev–Trinajstić information content (AvgIpc) is 3.76. The molecule has 1 amide bonds. The minimum absolute atomic E-state index is 0.0359. The van der Waals surface area contributed by atoms with Crippen molar-refractivity contribution in [2.45, 2.75) is 62.0 Å². The van der Waals surface area contributed by atoms with E-state index in [4.69, 9.17) is 15.2 Å². The first-order valence-corrected chi connectivity index (χ1v) is 14.4. The molecule has 11 nitrogen and oxygen atoms in total. The number of aromatic hydroxyl groups is 1. The summed E-state index contributed by atoms with van der Waals surface area (Å²) in [6.07, 6.45) is 5.04. The lowest BCUT2D eigenvalue weighted by atomic mass is 9.58. The van der Waals surface area contributed by atoms with E-state index in [2.05, 4.69) is 4.90 Å². The van der Waals surface area contributed by atoms with Crippen LogP contribution in [0, 0.1) is 17.8 Å². The number of phenols is 1. The molecule has 0 bridgehead atoms. The van der Waals surface area contributed by atoms with Gasteiger partial charge in [0.2, 0.25) is 11.6 Å². The third-order valence-corrected chi connectivity index (χ3v) is 10.3. The summed E-state index contributed by atoms with van der Waals surface area (Å²) >= 11 is 0. The van der Waals surface area contributed by atoms with Crippen LogP contribution < -0.4 is 10.5 Å². The maximum atomic E-state index is 14.2. The summed E-state index contributed by atoms with van der Waals surface area (Å²) < 4.78 is 11.7. The van der Waals surface area contributed by atoms with E-state index >= 15 is 0 Å². The van der Waals surface area contributed by atoms with Crippen molar-refractivity contribution < 1.29 is 39.5 Å². The number of aliphatic hydroxyl groups is 3. The largest absolute Gasteiger partial charge is 0.510 e. The number of nitrogens with zero attached hydrogens (tertiary/aromatic N) is 2. The number of methoxy groups -OCH3 is 1. The van der Waals surface area contributed by atoms with Gasteiger partial charge in [0.1, 0.15) is 28.6 Å². The van der Waals surface area contributed by atoms with Crippen LogP contribution in [0.3, 0.4) is 0 Å². The zero-order chi connectivity index (χ0) is 29.2. The number of fused-ring (bicyclic) bond motifs is 2. The van der Waals surface area contributed by atoms with Gasteiger partial charge in [-0.05, 0) is 77.1 Å². The highest BCUT2D eigenvalue weighted by Crippen LogP contribution is 2.67. The number of likely N-dealkylation sites (N-methyl/N-ethyl adjacent to an activating group) is 1. The predicted octanol–water partition coefficient (Wildman–Crippen LogP) is 1.68. The number of hydrogen-bond donors (Lipinski definition) is 5. The van der Waals surface area contributed by atoms with Gasteiger partial charge in [0.05, 0.1) is 18.7 Å². The molecule has 0 radical (unpaired) electrons. The Morgan fingerprint density at radius 1 is 1.24 bits per heavy atom. The van der Waals surface area contributed by atoms with E-state index in [-0.39, 0.29) is 35.1 Å². The second-order valence-corrected chi connectivity index (χ2v) is 12.8. The summed E-state index contributed by atoms with van der Waals surface area (Å²) in [4.78, 5) is 30.7. The number of carbonyl (C=O) groups is 2. The average molecular weight is 568 g/mol. The molecule has 2 unspecified atom stereocenters. The fraction of sp³-hybridized carbons (Fsp3) is 0.600. The highest BCUT2D eigenvalue weighted by molar-refractivity contribution is 6.14. The van der Waals surface area contributed by atoms with Crippen LogP contribution in [0.15, 0.2) is 23.0 Å². The molecule has 1 spiro atoms. The van der Waals surface area contributed by atoms with E-state index < -0.39 is 52.3 Å². The molecular weight excluding hydrogens is 530 g/mol. The number of aliphatic hydroxyl groups excluding tert-OH is 2. The number of primary amides is 1. The highest BCUT2D eigenvalue weighted by Gasteiger charge is 2.86. The molecule has 220 valence electrons. The molecule has 2 aliphatic heterocycles. The van der Waals surface area contributed by atoms with E-state index in [0.717, 1.165) is 31.5 Å². The molecule has 6 aliphatic rings. The lowest BCUT2D eigenvalue weighted by Gasteiger charge is -2.46. The van der Waals surface area contributed by atoms with Crippen LogP contribution in [-0.4, -0.2) is 93.6 Å².